The van der Waals surface area contributed by atoms with Crippen molar-refractivity contribution in [2.45, 2.75) is 55.8 Å². The first-order valence-corrected chi connectivity index (χ1v) is 14.5. The van der Waals surface area contributed by atoms with Gasteiger partial charge in [0.2, 0.25) is 10.0 Å². The predicted molar refractivity (Wildman–Crippen MR) is 145 cm³/mol. The summed E-state index contributed by atoms with van der Waals surface area (Å²) in [6.07, 6.45) is -5.26. The average molecular weight is 604 g/mol. The minimum Gasteiger partial charge on any atom is -0.497 e. The fraction of sp³-hybridized carbons (Fsp3) is 0.481. The summed E-state index contributed by atoms with van der Waals surface area (Å²) < 4.78 is 75.1. The van der Waals surface area contributed by atoms with Crippen LogP contribution in [-0.2, 0) is 26.0 Å². The first-order valence-electron chi connectivity index (χ1n) is 13.0. The third kappa shape index (κ3) is 11.2. The van der Waals surface area contributed by atoms with Gasteiger partial charge in [-0.2, -0.15) is 17.5 Å². The van der Waals surface area contributed by atoms with Gasteiger partial charge in [0.1, 0.15) is 12.4 Å². The van der Waals surface area contributed by atoms with E-state index in [4.69, 9.17) is 9.47 Å². The Labute approximate surface area is 237 Å². The zero-order valence-electron chi connectivity index (χ0n) is 22.9. The second-order valence-electron chi connectivity index (χ2n) is 9.14. The molecular weight excluding hydrogens is 567 g/mol. The molecule has 3 N–H and O–H groups in total. The highest BCUT2D eigenvalue weighted by molar-refractivity contribution is 7.89. The number of hydrogen-bond acceptors (Lipinski definition) is 7. The van der Waals surface area contributed by atoms with Gasteiger partial charge in [0.15, 0.2) is 0 Å². The van der Waals surface area contributed by atoms with Crippen LogP contribution in [0.2, 0.25) is 0 Å². The Balaban J connectivity index is 2.18. The third-order valence-corrected chi connectivity index (χ3v) is 7.92. The Bertz CT molecular complexity index is 1200. The van der Waals surface area contributed by atoms with Gasteiger partial charge in [-0.25, -0.2) is 13.2 Å². The van der Waals surface area contributed by atoms with Crippen LogP contribution < -0.4 is 15.4 Å². The molecule has 0 aromatic heterocycles. The molecule has 2 atom stereocenters. The molecule has 0 heterocycles. The van der Waals surface area contributed by atoms with E-state index < -0.39 is 53.5 Å². The van der Waals surface area contributed by atoms with E-state index in [-0.39, 0.29) is 24.4 Å². The Kier molecular flexibility index (Phi) is 13.4. The summed E-state index contributed by atoms with van der Waals surface area (Å²) in [5.41, 5.74) is 0.727. The Morgan fingerprint density at radius 1 is 1.05 bits per heavy atom. The molecule has 228 valence electrons. The number of unbranched alkanes of at least 4 members (excludes halogenated alkanes) is 2. The van der Waals surface area contributed by atoms with E-state index in [1.54, 1.807) is 35.6 Å². The van der Waals surface area contributed by atoms with Crippen molar-refractivity contribution >= 4 is 22.0 Å². The fourth-order valence-electron chi connectivity index (χ4n) is 3.83. The smallest absolute Gasteiger partial charge is 0.471 e. The molecule has 14 heteroatoms. The van der Waals surface area contributed by atoms with E-state index in [0.29, 0.717) is 12.2 Å². The zero-order valence-corrected chi connectivity index (χ0v) is 23.7. The van der Waals surface area contributed by atoms with Gasteiger partial charge in [-0.1, -0.05) is 50.1 Å². The van der Waals surface area contributed by atoms with Gasteiger partial charge < -0.3 is 25.2 Å². The van der Waals surface area contributed by atoms with Crippen molar-refractivity contribution in [2.75, 3.05) is 33.4 Å². The summed E-state index contributed by atoms with van der Waals surface area (Å²) in [7, 11) is -2.57. The standard InChI is InChI=1S/C27H36F3N3O7S/c1-3-4-8-16-33(41(37,38)22-13-11-21(39-2)12-14-22)19-24(34)23(18-20-9-6-5-7-10-20)32-26(36)40-17-15-31-25(35)27(28,29)30/h5-7,9-14,23-24,34H,3-4,8,15-19H2,1-2H3,(H,31,35)(H,32,36)/t23?,24-/m1/s1. The van der Waals surface area contributed by atoms with Gasteiger partial charge in [-0.05, 0) is 42.7 Å². The summed E-state index contributed by atoms with van der Waals surface area (Å²) in [5, 5.41) is 15.3. The van der Waals surface area contributed by atoms with Gasteiger partial charge in [0, 0.05) is 13.1 Å². The quantitative estimate of drug-likeness (QED) is 0.251. The number of halogens is 3. The van der Waals surface area contributed by atoms with Crippen LogP contribution in [0.25, 0.3) is 0 Å². The third-order valence-electron chi connectivity index (χ3n) is 6.04. The monoisotopic (exact) mass is 603 g/mol. The lowest BCUT2D eigenvalue weighted by molar-refractivity contribution is -0.173. The average Bonchev–Trinajstić information content (AvgIpc) is 2.94. The van der Waals surface area contributed by atoms with Crippen LogP contribution in [0.5, 0.6) is 5.75 Å². The highest BCUT2D eigenvalue weighted by atomic mass is 32.2. The van der Waals surface area contributed by atoms with Crippen LogP contribution in [0, 0.1) is 0 Å². The highest BCUT2D eigenvalue weighted by Crippen LogP contribution is 2.21. The van der Waals surface area contributed by atoms with Crippen molar-refractivity contribution < 1.29 is 45.8 Å². The molecule has 2 amide bonds. The summed E-state index contributed by atoms with van der Waals surface area (Å²) >= 11 is 0. The summed E-state index contributed by atoms with van der Waals surface area (Å²) in [6.45, 7) is 0.606. The number of nitrogens with one attached hydrogen (secondary N) is 2. The van der Waals surface area contributed by atoms with Crippen molar-refractivity contribution in [3.05, 3.63) is 60.2 Å². The van der Waals surface area contributed by atoms with E-state index in [0.717, 1.165) is 22.7 Å². The number of rotatable bonds is 16. The number of sulfonamides is 1. The highest BCUT2D eigenvalue weighted by Gasteiger charge is 2.38. The molecule has 0 bridgehead atoms. The summed E-state index contributed by atoms with van der Waals surface area (Å²) in [4.78, 5) is 23.4. The molecule has 0 radical (unpaired) electrons. The summed E-state index contributed by atoms with van der Waals surface area (Å²) in [6, 6.07) is 13.6. The molecule has 0 aliphatic carbocycles. The molecule has 2 aromatic carbocycles. The number of alkyl halides is 3. The maximum Gasteiger partial charge on any atom is 0.471 e. The molecule has 2 rings (SSSR count). The number of alkyl carbamates (subject to hydrolysis) is 1. The van der Waals surface area contributed by atoms with E-state index >= 15 is 0 Å². The molecule has 41 heavy (non-hydrogen) atoms. The number of aliphatic hydroxyl groups excluding tert-OH is 1. The molecular formula is C27H36F3N3O7S. The molecule has 0 saturated carbocycles. The topological polar surface area (TPSA) is 134 Å². The second-order valence-corrected chi connectivity index (χ2v) is 11.1. The Morgan fingerprint density at radius 2 is 1.71 bits per heavy atom. The first kappa shape index (κ1) is 33.8. The first-order chi connectivity index (χ1) is 19.4. The predicted octanol–water partition coefficient (Wildman–Crippen LogP) is 3.25. The largest absolute Gasteiger partial charge is 0.497 e. The van der Waals surface area contributed by atoms with Gasteiger partial charge in [-0.15, -0.1) is 0 Å². The lowest BCUT2D eigenvalue weighted by Gasteiger charge is -2.29. The Hall–Kier alpha value is -3.36. The van der Waals surface area contributed by atoms with Crippen LogP contribution in [-0.4, -0.2) is 81.5 Å². The van der Waals surface area contributed by atoms with Crippen molar-refractivity contribution in [2.24, 2.45) is 0 Å². The molecule has 0 aliphatic rings. The van der Waals surface area contributed by atoms with E-state index in [2.05, 4.69) is 5.32 Å². The minimum absolute atomic E-state index is 0.00915. The maximum atomic E-state index is 13.5. The van der Waals surface area contributed by atoms with Crippen molar-refractivity contribution in [3.8, 4) is 5.75 Å². The number of amides is 2. The number of benzene rings is 2. The molecule has 10 nitrogen and oxygen atoms in total. The van der Waals surface area contributed by atoms with Crippen LogP contribution in [0.15, 0.2) is 59.5 Å². The molecule has 2 aromatic rings. The van der Waals surface area contributed by atoms with E-state index in [1.807, 2.05) is 6.92 Å². The number of nitrogens with zero attached hydrogens (tertiary/aromatic N) is 1. The number of carbonyl (C=O) groups is 2. The van der Waals surface area contributed by atoms with Crippen molar-refractivity contribution in [1.29, 1.82) is 0 Å². The van der Waals surface area contributed by atoms with Gasteiger partial charge in [-0.3, -0.25) is 4.79 Å². The number of ether oxygens (including phenoxy) is 2. The minimum atomic E-state index is -5.07. The summed E-state index contributed by atoms with van der Waals surface area (Å²) in [5.74, 6) is -1.69. The Morgan fingerprint density at radius 3 is 2.29 bits per heavy atom. The normalized spacial score (nSPS) is 13.3. The number of hydrogen-bond donors (Lipinski definition) is 3. The zero-order chi connectivity index (χ0) is 30.5. The van der Waals surface area contributed by atoms with E-state index in [9.17, 15) is 36.3 Å². The molecule has 1 unspecified atom stereocenters. The molecule has 0 fully saturated rings. The molecule has 0 spiro atoms. The maximum absolute atomic E-state index is 13.5. The second kappa shape index (κ2) is 16.2. The van der Waals surface area contributed by atoms with Gasteiger partial charge >= 0.3 is 18.2 Å². The van der Waals surface area contributed by atoms with Crippen LogP contribution in [0.3, 0.4) is 0 Å². The van der Waals surface area contributed by atoms with Crippen LogP contribution in [0.1, 0.15) is 31.7 Å². The number of methoxy groups -OCH3 is 1. The molecule has 0 aliphatic heterocycles. The van der Waals surface area contributed by atoms with E-state index in [1.165, 1.54) is 31.4 Å². The SMILES string of the molecule is CCCCCN(C[C@@H](O)C(Cc1ccccc1)NC(=O)OCCNC(=O)C(F)(F)F)S(=O)(=O)c1ccc(OC)cc1. The van der Waals surface area contributed by atoms with Gasteiger partial charge in [0.25, 0.3) is 0 Å². The molecule has 0 saturated heterocycles. The van der Waals surface area contributed by atoms with Crippen LogP contribution in [0.4, 0.5) is 18.0 Å². The number of aliphatic hydroxyl groups is 1. The number of carbonyl (C=O) groups excluding carboxylic acids is 2. The lowest BCUT2D eigenvalue weighted by Crippen LogP contribution is -2.51. The fourth-order valence-corrected chi connectivity index (χ4v) is 5.33. The van der Waals surface area contributed by atoms with Crippen molar-refractivity contribution in [3.63, 3.8) is 0 Å². The van der Waals surface area contributed by atoms with Crippen molar-refractivity contribution in [1.82, 2.24) is 14.9 Å². The lowest BCUT2D eigenvalue weighted by atomic mass is 10.0. The van der Waals surface area contributed by atoms with Crippen LogP contribution >= 0.6 is 0 Å². The van der Waals surface area contributed by atoms with Gasteiger partial charge in [0.05, 0.1) is 30.7 Å².